The van der Waals surface area contributed by atoms with E-state index in [1.165, 1.54) is 12.1 Å². The number of thiazole rings is 1. The molecule has 21 heavy (non-hydrogen) atoms. The van der Waals surface area contributed by atoms with E-state index in [0.29, 0.717) is 5.69 Å². The van der Waals surface area contributed by atoms with Crippen LogP contribution >= 0.6 is 11.3 Å². The lowest BCUT2D eigenvalue weighted by Crippen LogP contribution is -2.14. The van der Waals surface area contributed by atoms with Crippen molar-refractivity contribution < 1.29 is 9.18 Å². The van der Waals surface area contributed by atoms with Crippen LogP contribution in [0.25, 0.3) is 10.2 Å². The molecule has 0 saturated carbocycles. The molecule has 3 N–H and O–H groups in total. The first-order chi connectivity index (χ1) is 10.0. The number of amides is 1. The van der Waals surface area contributed by atoms with Gasteiger partial charge in [0.1, 0.15) is 5.82 Å². The number of anilines is 2. The molecular weight excluding hydrogens is 289 g/mol. The lowest BCUT2D eigenvalue weighted by Gasteiger charge is -2.07. The van der Waals surface area contributed by atoms with Gasteiger partial charge >= 0.3 is 0 Å². The number of nitrogens with one attached hydrogen (secondary N) is 1. The lowest BCUT2D eigenvalue weighted by molar-refractivity contribution is 0.102. The van der Waals surface area contributed by atoms with Crippen molar-refractivity contribution in [3.63, 3.8) is 0 Å². The summed E-state index contributed by atoms with van der Waals surface area (Å²) in [5.74, 6) is -0.835. The van der Waals surface area contributed by atoms with Gasteiger partial charge in [-0.3, -0.25) is 4.79 Å². The third-order valence-corrected chi connectivity index (χ3v) is 3.95. The molecule has 6 heteroatoms. The van der Waals surface area contributed by atoms with Crippen molar-refractivity contribution in [1.29, 1.82) is 0 Å². The summed E-state index contributed by atoms with van der Waals surface area (Å²) in [5, 5.41) is 3.73. The van der Waals surface area contributed by atoms with Crippen molar-refractivity contribution in [2.75, 3.05) is 11.1 Å². The number of nitrogen functional groups attached to an aromatic ring is 1. The highest BCUT2D eigenvalue weighted by atomic mass is 32.1. The monoisotopic (exact) mass is 301 g/mol. The Morgan fingerprint density at radius 1 is 1.29 bits per heavy atom. The zero-order valence-electron chi connectivity index (χ0n) is 11.2. The molecular formula is C15H12FN3OS. The predicted octanol–water partition coefficient (Wildman–Crippen LogP) is 3.58. The first-order valence-corrected chi connectivity index (χ1v) is 7.08. The van der Waals surface area contributed by atoms with Gasteiger partial charge in [0.05, 0.1) is 20.8 Å². The number of nitrogens with two attached hydrogens (primary N) is 1. The van der Waals surface area contributed by atoms with Gasteiger partial charge in [-0.1, -0.05) is 0 Å². The van der Waals surface area contributed by atoms with Gasteiger partial charge in [0.15, 0.2) is 0 Å². The second-order valence-corrected chi connectivity index (χ2v) is 5.84. The van der Waals surface area contributed by atoms with Gasteiger partial charge in [-0.25, -0.2) is 9.37 Å². The van der Waals surface area contributed by atoms with E-state index in [0.717, 1.165) is 21.3 Å². The summed E-state index contributed by atoms with van der Waals surface area (Å²) in [4.78, 5) is 16.5. The van der Waals surface area contributed by atoms with Crippen molar-refractivity contribution in [3.8, 4) is 0 Å². The Bertz CT molecular complexity index is 844. The number of fused-ring (bicyclic) bond motifs is 1. The number of carbonyl (C=O) groups is 1. The average Bonchev–Trinajstić information content (AvgIpc) is 2.77. The topological polar surface area (TPSA) is 68.0 Å². The molecule has 4 nitrogen and oxygen atoms in total. The maximum absolute atomic E-state index is 13.0. The molecule has 0 spiro atoms. The minimum Gasteiger partial charge on any atom is -0.398 e. The third kappa shape index (κ3) is 2.71. The second-order valence-electron chi connectivity index (χ2n) is 4.60. The van der Waals surface area contributed by atoms with Crippen LogP contribution in [0.1, 0.15) is 15.4 Å². The Morgan fingerprint density at radius 3 is 2.86 bits per heavy atom. The highest BCUT2D eigenvalue weighted by molar-refractivity contribution is 7.18. The van der Waals surface area contributed by atoms with Gasteiger partial charge in [0, 0.05) is 11.4 Å². The number of rotatable bonds is 2. The van der Waals surface area contributed by atoms with Crippen LogP contribution in [0.2, 0.25) is 0 Å². The number of aromatic nitrogens is 1. The predicted molar refractivity (Wildman–Crippen MR) is 83.1 cm³/mol. The summed E-state index contributed by atoms with van der Waals surface area (Å²) < 4.78 is 14.0. The van der Waals surface area contributed by atoms with Crippen molar-refractivity contribution in [3.05, 3.63) is 52.8 Å². The van der Waals surface area contributed by atoms with Gasteiger partial charge < -0.3 is 11.1 Å². The lowest BCUT2D eigenvalue weighted by atomic mass is 10.1. The number of nitrogens with zero attached hydrogens (tertiary/aromatic N) is 1. The molecule has 0 atom stereocenters. The fraction of sp³-hybridized carbons (Fsp3) is 0.0667. The molecule has 106 valence electrons. The zero-order chi connectivity index (χ0) is 15.0. The molecule has 1 amide bonds. The Morgan fingerprint density at radius 2 is 2.10 bits per heavy atom. The molecule has 2 aromatic carbocycles. The summed E-state index contributed by atoms with van der Waals surface area (Å²) in [6.45, 7) is 1.93. The van der Waals surface area contributed by atoms with Crippen molar-refractivity contribution in [2.45, 2.75) is 6.92 Å². The largest absolute Gasteiger partial charge is 0.398 e. The number of hydrogen-bond acceptors (Lipinski definition) is 4. The minimum atomic E-state index is -0.467. The van der Waals surface area contributed by atoms with Crippen LogP contribution in [0.3, 0.4) is 0 Å². The highest BCUT2D eigenvalue weighted by Gasteiger charge is 2.11. The van der Waals surface area contributed by atoms with E-state index in [1.807, 2.05) is 19.1 Å². The van der Waals surface area contributed by atoms with Gasteiger partial charge in [0.25, 0.3) is 5.91 Å². The molecule has 0 aliphatic carbocycles. The molecule has 0 radical (unpaired) electrons. The smallest absolute Gasteiger partial charge is 0.257 e. The molecule has 0 saturated heterocycles. The standard InChI is InChI=1S/C15H12FN3OS/c1-8-18-13-5-3-10(7-14(13)21-8)19-15(20)11-4-2-9(16)6-12(11)17/h2-7H,17H2,1H3,(H,19,20). The van der Waals surface area contributed by atoms with E-state index in [2.05, 4.69) is 10.3 Å². The van der Waals surface area contributed by atoms with E-state index in [9.17, 15) is 9.18 Å². The number of halogens is 1. The quantitative estimate of drug-likeness (QED) is 0.711. The molecule has 0 fully saturated rings. The van der Waals surface area contributed by atoms with Crippen LogP contribution in [-0.2, 0) is 0 Å². The molecule has 0 aliphatic rings. The minimum absolute atomic E-state index is 0.113. The Hall–Kier alpha value is -2.47. The Balaban J connectivity index is 1.88. The first-order valence-electron chi connectivity index (χ1n) is 6.26. The van der Waals surface area contributed by atoms with E-state index < -0.39 is 5.82 Å². The fourth-order valence-corrected chi connectivity index (χ4v) is 2.92. The van der Waals surface area contributed by atoms with Gasteiger partial charge in [0.2, 0.25) is 0 Å². The maximum Gasteiger partial charge on any atom is 0.257 e. The second kappa shape index (κ2) is 5.14. The van der Waals surface area contributed by atoms with E-state index in [1.54, 1.807) is 17.4 Å². The SMILES string of the molecule is Cc1nc2ccc(NC(=O)c3ccc(F)cc3N)cc2s1. The Labute approximate surface area is 124 Å². The number of aryl methyl sites for hydroxylation is 1. The van der Waals surface area contributed by atoms with E-state index in [-0.39, 0.29) is 17.2 Å². The third-order valence-electron chi connectivity index (χ3n) is 3.01. The van der Waals surface area contributed by atoms with Crippen molar-refractivity contribution in [1.82, 2.24) is 4.98 Å². The first kappa shape index (κ1) is 13.5. The van der Waals surface area contributed by atoms with Crippen LogP contribution in [-0.4, -0.2) is 10.9 Å². The molecule has 0 unspecified atom stereocenters. The summed E-state index contributed by atoms with van der Waals surface area (Å²) in [6.07, 6.45) is 0. The van der Waals surface area contributed by atoms with Gasteiger partial charge in [-0.2, -0.15) is 0 Å². The fourth-order valence-electron chi connectivity index (χ4n) is 2.06. The van der Waals surface area contributed by atoms with Gasteiger partial charge in [-0.05, 0) is 43.3 Å². The molecule has 0 bridgehead atoms. The van der Waals surface area contributed by atoms with Crippen LogP contribution in [0.4, 0.5) is 15.8 Å². The van der Waals surface area contributed by atoms with Crippen LogP contribution in [0.15, 0.2) is 36.4 Å². The van der Waals surface area contributed by atoms with Crippen LogP contribution in [0, 0.1) is 12.7 Å². The van der Waals surface area contributed by atoms with Crippen LogP contribution in [0.5, 0.6) is 0 Å². The summed E-state index contributed by atoms with van der Waals surface area (Å²) in [5.41, 5.74) is 7.57. The molecule has 1 aromatic heterocycles. The summed E-state index contributed by atoms with van der Waals surface area (Å²) in [6, 6.07) is 9.19. The van der Waals surface area contributed by atoms with E-state index >= 15 is 0 Å². The number of carbonyl (C=O) groups excluding carboxylic acids is 1. The van der Waals surface area contributed by atoms with Gasteiger partial charge in [-0.15, -0.1) is 11.3 Å². The van der Waals surface area contributed by atoms with Crippen molar-refractivity contribution in [2.24, 2.45) is 0 Å². The van der Waals surface area contributed by atoms with Crippen LogP contribution < -0.4 is 11.1 Å². The zero-order valence-corrected chi connectivity index (χ0v) is 12.0. The summed E-state index contributed by atoms with van der Waals surface area (Å²) in [7, 11) is 0. The maximum atomic E-state index is 13.0. The molecule has 1 heterocycles. The number of benzene rings is 2. The molecule has 3 rings (SSSR count). The molecule has 0 aliphatic heterocycles. The highest BCUT2D eigenvalue weighted by Crippen LogP contribution is 2.25. The Kier molecular flexibility index (Phi) is 3.31. The molecule has 3 aromatic rings. The van der Waals surface area contributed by atoms with Crippen molar-refractivity contribution >= 4 is 38.8 Å². The average molecular weight is 301 g/mol. The van der Waals surface area contributed by atoms with E-state index in [4.69, 9.17) is 5.73 Å². The number of hydrogen-bond donors (Lipinski definition) is 2. The summed E-state index contributed by atoms with van der Waals surface area (Å²) >= 11 is 1.56. The normalized spacial score (nSPS) is 10.8.